The van der Waals surface area contributed by atoms with Gasteiger partial charge in [-0.05, 0) is 36.8 Å². The Morgan fingerprint density at radius 2 is 2.00 bits per heavy atom. The molecule has 0 saturated heterocycles. The number of ether oxygens (including phenoxy) is 1. The number of carbonyl (C=O) groups excluding carboxylic acids is 1. The maximum Gasteiger partial charge on any atom is 0.251 e. The van der Waals surface area contributed by atoms with Crippen molar-refractivity contribution in [3.05, 3.63) is 82.7 Å². The molecule has 0 unspecified atom stereocenters. The van der Waals surface area contributed by atoms with E-state index in [0.29, 0.717) is 18.7 Å². The average molecular weight is 390 g/mol. The lowest BCUT2D eigenvalue weighted by Gasteiger charge is -2.19. The van der Waals surface area contributed by atoms with Gasteiger partial charge in [0.25, 0.3) is 5.91 Å². The number of nitrogens with zero attached hydrogens (tertiary/aromatic N) is 3. The Balaban J connectivity index is 1.46. The number of hydrogen-bond acceptors (Lipinski definition) is 4. The molecule has 1 aliphatic heterocycles. The highest BCUT2D eigenvalue weighted by atomic mass is 16.5. The van der Waals surface area contributed by atoms with E-state index in [1.165, 1.54) is 5.69 Å². The van der Waals surface area contributed by atoms with Gasteiger partial charge in [0, 0.05) is 44.4 Å². The van der Waals surface area contributed by atoms with Crippen LogP contribution in [-0.4, -0.2) is 33.7 Å². The van der Waals surface area contributed by atoms with Crippen molar-refractivity contribution < 1.29 is 9.53 Å². The normalized spacial score (nSPS) is 14.0. The molecule has 0 bridgehead atoms. The van der Waals surface area contributed by atoms with Gasteiger partial charge in [0.1, 0.15) is 12.4 Å². The number of rotatable bonds is 5. The van der Waals surface area contributed by atoms with Crippen LogP contribution >= 0.6 is 0 Å². The molecule has 4 rings (SSSR count). The largest absolute Gasteiger partial charge is 0.492 e. The van der Waals surface area contributed by atoms with Crippen LogP contribution in [0, 0.1) is 6.92 Å². The quantitative estimate of drug-likeness (QED) is 0.727. The number of amides is 1. The van der Waals surface area contributed by atoms with Crippen molar-refractivity contribution in [1.29, 1.82) is 0 Å². The van der Waals surface area contributed by atoms with Crippen LogP contribution in [0.25, 0.3) is 0 Å². The Bertz CT molecular complexity index is 997. The molecule has 0 aliphatic carbocycles. The zero-order valence-corrected chi connectivity index (χ0v) is 16.9. The fourth-order valence-corrected chi connectivity index (χ4v) is 3.65. The third-order valence-electron chi connectivity index (χ3n) is 5.16. The fraction of sp³-hybridized carbons (Fsp3) is 0.304. The van der Waals surface area contributed by atoms with Crippen LogP contribution in [0.5, 0.6) is 5.75 Å². The standard InChI is InChI=1S/C23H26N4O2/c1-17-12-21(26(2)25-17)16-27-10-11-29-22-9-8-19(13-20(22)15-27)23(28)24-14-18-6-4-3-5-7-18/h3-9,12-13H,10-11,14-16H2,1-2H3,(H,24,28). The molecule has 2 heterocycles. The van der Waals surface area contributed by atoms with Gasteiger partial charge in [0.2, 0.25) is 0 Å². The second-order valence-corrected chi connectivity index (χ2v) is 7.45. The minimum Gasteiger partial charge on any atom is -0.492 e. The predicted octanol–water partition coefficient (Wildman–Crippen LogP) is 3.05. The van der Waals surface area contributed by atoms with Crippen LogP contribution < -0.4 is 10.1 Å². The van der Waals surface area contributed by atoms with Crippen LogP contribution in [0.3, 0.4) is 0 Å². The van der Waals surface area contributed by atoms with Gasteiger partial charge in [-0.15, -0.1) is 0 Å². The van der Waals surface area contributed by atoms with Crippen LogP contribution in [0.15, 0.2) is 54.6 Å². The summed E-state index contributed by atoms with van der Waals surface area (Å²) in [7, 11) is 1.97. The van der Waals surface area contributed by atoms with E-state index in [1.807, 2.05) is 67.2 Å². The number of aryl methyl sites for hydroxylation is 2. The lowest BCUT2D eigenvalue weighted by molar-refractivity contribution is 0.0950. The Hall–Kier alpha value is -3.12. The van der Waals surface area contributed by atoms with Gasteiger partial charge in [-0.1, -0.05) is 30.3 Å². The summed E-state index contributed by atoms with van der Waals surface area (Å²) in [5.41, 5.74) is 4.96. The molecule has 6 nitrogen and oxygen atoms in total. The summed E-state index contributed by atoms with van der Waals surface area (Å²) in [4.78, 5) is 15.0. The molecular formula is C23H26N4O2. The van der Waals surface area contributed by atoms with Crippen molar-refractivity contribution >= 4 is 5.91 Å². The van der Waals surface area contributed by atoms with Crippen LogP contribution in [0.2, 0.25) is 0 Å². The van der Waals surface area contributed by atoms with Gasteiger partial charge in [-0.3, -0.25) is 14.4 Å². The monoisotopic (exact) mass is 390 g/mol. The molecule has 3 aromatic rings. The molecular weight excluding hydrogens is 364 g/mol. The first-order chi connectivity index (χ1) is 14.1. The summed E-state index contributed by atoms with van der Waals surface area (Å²) < 4.78 is 7.85. The highest BCUT2D eigenvalue weighted by Crippen LogP contribution is 2.25. The van der Waals surface area contributed by atoms with Crippen LogP contribution in [0.1, 0.15) is 32.9 Å². The van der Waals surface area contributed by atoms with E-state index in [9.17, 15) is 4.79 Å². The molecule has 6 heteroatoms. The summed E-state index contributed by atoms with van der Waals surface area (Å²) in [5.74, 6) is 0.781. The first-order valence-corrected chi connectivity index (χ1v) is 9.88. The van der Waals surface area contributed by atoms with Gasteiger partial charge in [-0.25, -0.2) is 0 Å². The summed E-state index contributed by atoms with van der Waals surface area (Å²) in [6, 6.07) is 17.7. The molecule has 1 aromatic heterocycles. The second kappa shape index (κ2) is 8.49. The van der Waals surface area contributed by atoms with Gasteiger partial charge < -0.3 is 10.1 Å². The highest BCUT2D eigenvalue weighted by molar-refractivity contribution is 5.94. The van der Waals surface area contributed by atoms with Crippen molar-refractivity contribution in [3.8, 4) is 5.75 Å². The molecule has 2 aromatic carbocycles. The summed E-state index contributed by atoms with van der Waals surface area (Å²) >= 11 is 0. The van der Waals surface area contributed by atoms with E-state index < -0.39 is 0 Å². The molecule has 1 amide bonds. The van der Waals surface area contributed by atoms with Crippen LogP contribution in [0.4, 0.5) is 0 Å². The smallest absolute Gasteiger partial charge is 0.251 e. The second-order valence-electron chi connectivity index (χ2n) is 7.45. The van der Waals surface area contributed by atoms with Crippen molar-refractivity contribution in [2.75, 3.05) is 13.2 Å². The summed E-state index contributed by atoms with van der Waals surface area (Å²) in [6.07, 6.45) is 0. The Morgan fingerprint density at radius 1 is 1.17 bits per heavy atom. The molecule has 0 radical (unpaired) electrons. The first kappa shape index (κ1) is 19.2. The lowest BCUT2D eigenvalue weighted by atomic mass is 10.1. The Morgan fingerprint density at radius 3 is 2.76 bits per heavy atom. The third-order valence-corrected chi connectivity index (χ3v) is 5.16. The molecule has 1 N–H and O–H groups in total. The van der Waals surface area contributed by atoms with Crippen molar-refractivity contribution in [2.24, 2.45) is 7.05 Å². The summed E-state index contributed by atoms with van der Waals surface area (Å²) in [5, 5.41) is 7.43. The first-order valence-electron chi connectivity index (χ1n) is 9.88. The maximum atomic E-state index is 12.6. The molecule has 0 atom stereocenters. The number of benzene rings is 2. The minimum absolute atomic E-state index is 0.0743. The number of nitrogens with one attached hydrogen (secondary N) is 1. The zero-order valence-electron chi connectivity index (χ0n) is 16.9. The molecule has 1 aliphatic rings. The molecule has 0 saturated carbocycles. The Kier molecular flexibility index (Phi) is 5.62. The topological polar surface area (TPSA) is 59.4 Å². The third kappa shape index (κ3) is 4.66. The van der Waals surface area contributed by atoms with Crippen molar-refractivity contribution in [1.82, 2.24) is 20.0 Å². The van der Waals surface area contributed by atoms with Crippen LogP contribution in [-0.2, 0) is 26.7 Å². The van der Waals surface area contributed by atoms with Gasteiger partial charge in [0.15, 0.2) is 0 Å². The van der Waals surface area contributed by atoms with E-state index in [4.69, 9.17) is 4.74 Å². The summed E-state index contributed by atoms with van der Waals surface area (Å²) in [6.45, 7) is 5.51. The van der Waals surface area contributed by atoms with E-state index in [1.54, 1.807) is 0 Å². The molecule has 150 valence electrons. The highest BCUT2D eigenvalue weighted by Gasteiger charge is 2.19. The minimum atomic E-state index is -0.0743. The number of aromatic nitrogens is 2. The fourth-order valence-electron chi connectivity index (χ4n) is 3.65. The van der Waals surface area contributed by atoms with Crippen molar-refractivity contribution in [3.63, 3.8) is 0 Å². The number of fused-ring (bicyclic) bond motifs is 1. The SMILES string of the molecule is Cc1cc(CN2CCOc3ccc(C(=O)NCc4ccccc4)cc3C2)n(C)n1. The number of hydrogen-bond donors (Lipinski definition) is 1. The molecule has 0 spiro atoms. The zero-order chi connectivity index (χ0) is 20.2. The van der Waals surface area contributed by atoms with Crippen molar-refractivity contribution in [2.45, 2.75) is 26.6 Å². The average Bonchev–Trinajstić information content (AvgIpc) is 2.91. The van der Waals surface area contributed by atoms with Gasteiger partial charge in [-0.2, -0.15) is 5.10 Å². The predicted molar refractivity (Wildman–Crippen MR) is 112 cm³/mol. The number of carbonyl (C=O) groups is 1. The van der Waals surface area contributed by atoms with E-state index in [2.05, 4.69) is 21.4 Å². The van der Waals surface area contributed by atoms with E-state index in [0.717, 1.165) is 42.2 Å². The van der Waals surface area contributed by atoms with E-state index in [-0.39, 0.29) is 5.91 Å². The van der Waals surface area contributed by atoms with Gasteiger partial charge >= 0.3 is 0 Å². The lowest BCUT2D eigenvalue weighted by Crippen LogP contribution is -2.26. The molecule has 29 heavy (non-hydrogen) atoms. The Labute approximate surface area is 171 Å². The maximum absolute atomic E-state index is 12.6. The van der Waals surface area contributed by atoms with Gasteiger partial charge in [0.05, 0.1) is 11.4 Å². The van der Waals surface area contributed by atoms with E-state index >= 15 is 0 Å². The molecule has 0 fully saturated rings.